The summed E-state index contributed by atoms with van der Waals surface area (Å²) in [6.45, 7) is 1.97. The maximum absolute atomic E-state index is 12.1. The molecule has 0 fully saturated rings. The lowest BCUT2D eigenvalue weighted by Gasteiger charge is -2.11. The van der Waals surface area contributed by atoms with Crippen molar-refractivity contribution < 1.29 is 8.39 Å². The third-order valence-corrected chi connectivity index (χ3v) is 3.68. The van der Waals surface area contributed by atoms with Crippen LogP contribution in [0.2, 0.25) is 0 Å². The van der Waals surface area contributed by atoms with E-state index < -0.39 is 17.2 Å². The van der Waals surface area contributed by atoms with E-state index in [1.54, 1.807) is 12.1 Å². The fraction of sp³-hybridized carbons (Fsp3) is 0.125. The number of aryl methyl sites for hydroxylation is 1. The van der Waals surface area contributed by atoms with Gasteiger partial charge in [0.05, 0.1) is 4.90 Å². The van der Waals surface area contributed by atoms with Crippen LogP contribution in [0.25, 0.3) is 0 Å². The Kier molecular flexibility index (Phi) is 4.51. The summed E-state index contributed by atoms with van der Waals surface area (Å²) in [6.07, 6.45) is 4.84. The first-order valence-electron chi connectivity index (χ1n) is 5.87. The summed E-state index contributed by atoms with van der Waals surface area (Å²) in [4.78, 5) is 0.613. The molecule has 0 amide bonds. The minimum Gasteiger partial charge on any atom is -0.265 e. The molecular weight excluding hydrogens is 256 g/mol. The van der Waals surface area contributed by atoms with Crippen LogP contribution in [0.1, 0.15) is 17.2 Å². The molecule has 96 valence electrons. The average Bonchev–Trinajstić information content (AvgIpc) is 2.46. The van der Waals surface area contributed by atoms with E-state index in [1.165, 1.54) is 0 Å². The topological polar surface area (TPSA) is 26.3 Å². The fourth-order valence-corrected chi connectivity index (χ4v) is 2.41. The van der Waals surface area contributed by atoms with Gasteiger partial charge in [0.1, 0.15) is 0 Å². The van der Waals surface area contributed by atoms with Gasteiger partial charge < -0.3 is 0 Å². The van der Waals surface area contributed by atoms with Crippen LogP contribution >= 0.6 is 0 Å². The summed E-state index contributed by atoms with van der Waals surface area (Å²) in [5.74, 6) is 2.52. The second-order valence-electron chi connectivity index (χ2n) is 4.10. The molecule has 0 bridgehead atoms. The highest BCUT2D eigenvalue weighted by molar-refractivity contribution is 7.80. The van der Waals surface area contributed by atoms with Gasteiger partial charge in [-0.3, -0.25) is 4.18 Å². The molecule has 0 aliphatic carbocycles. The van der Waals surface area contributed by atoms with Crippen LogP contribution in [0.15, 0.2) is 59.5 Å². The van der Waals surface area contributed by atoms with Crippen molar-refractivity contribution in [1.29, 1.82) is 0 Å². The predicted molar refractivity (Wildman–Crippen MR) is 76.7 cm³/mol. The molecule has 0 aliphatic rings. The lowest BCUT2D eigenvalue weighted by atomic mass is 10.1. The van der Waals surface area contributed by atoms with Crippen molar-refractivity contribution in [3.63, 3.8) is 0 Å². The standard InChI is InChI=1S/C16H14O2S/c1-3-16(14-7-5-4-6-8-14)18-19(17)15-11-9-13(2)10-12-15/h1,4-12,16H,2H3. The molecule has 0 radical (unpaired) electrons. The largest absolute Gasteiger partial charge is 0.265 e. The quantitative estimate of drug-likeness (QED) is 0.796. The van der Waals surface area contributed by atoms with E-state index >= 15 is 0 Å². The molecule has 3 heteroatoms. The van der Waals surface area contributed by atoms with Gasteiger partial charge in [-0.15, -0.1) is 6.42 Å². The minimum absolute atomic E-state index is 0.608. The van der Waals surface area contributed by atoms with Crippen LogP contribution in [0.5, 0.6) is 0 Å². The highest BCUT2D eigenvalue weighted by atomic mass is 32.2. The van der Waals surface area contributed by atoms with Crippen molar-refractivity contribution in [1.82, 2.24) is 0 Å². The van der Waals surface area contributed by atoms with Gasteiger partial charge in [0.15, 0.2) is 17.2 Å². The van der Waals surface area contributed by atoms with E-state index in [2.05, 4.69) is 5.92 Å². The molecule has 0 aromatic heterocycles. The Hall–Kier alpha value is -1.89. The first-order valence-corrected chi connectivity index (χ1v) is 6.95. The average molecular weight is 270 g/mol. The van der Waals surface area contributed by atoms with Gasteiger partial charge in [0.2, 0.25) is 0 Å². The number of terminal acetylenes is 1. The zero-order valence-corrected chi connectivity index (χ0v) is 11.4. The van der Waals surface area contributed by atoms with Crippen LogP contribution < -0.4 is 0 Å². The minimum atomic E-state index is -1.56. The lowest BCUT2D eigenvalue weighted by Crippen LogP contribution is -2.05. The molecule has 19 heavy (non-hydrogen) atoms. The van der Waals surface area contributed by atoms with E-state index in [4.69, 9.17) is 10.6 Å². The summed E-state index contributed by atoms with van der Waals surface area (Å²) in [7, 11) is 0. The Balaban J connectivity index is 2.13. The van der Waals surface area contributed by atoms with Gasteiger partial charge in [-0.25, -0.2) is 4.21 Å². The highest BCUT2D eigenvalue weighted by Crippen LogP contribution is 2.20. The Labute approximate surface area is 116 Å². The molecule has 0 N–H and O–H groups in total. The number of hydrogen-bond acceptors (Lipinski definition) is 2. The van der Waals surface area contributed by atoms with E-state index in [0.29, 0.717) is 4.90 Å². The SMILES string of the molecule is C#CC(OS(=O)c1ccc(C)cc1)c1ccccc1. The smallest absolute Gasteiger partial charge is 0.190 e. The van der Waals surface area contributed by atoms with Crippen LogP contribution in [0, 0.1) is 19.3 Å². The maximum atomic E-state index is 12.1. The van der Waals surface area contributed by atoms with Crippen molar-refractivity contribution in [2.45, 2.75) is 17.9 Å². The Morgan fingerprint density at radius 3 is 2.32 bits per heavy atom. The molecular formula is C16H14O2S. The monoisotopic (exact) mass is 270 g/mol. The van der Waals surface area contributed by atoms with Crippen molar-refractivity contribution in [2.24, 2.45) is 0 Å². The highest BCUT2D eigenvalue weighted by Gasteiger charge is 2.14. The van der Waals surface area contributed by atoms with Gasteiger partial charge in [-0.1, -0.05) is 53.9 Å². The van der Waals surface area contributed by atoms with Crippen molar-refractivity contribution in [3.05, 3.63) is 65.7 Å². The molecule has 0 saturated carbocycles. The van der Waals surface area contributed by atoms with Gasteiger partial charge in [-0.05, 0) is 24.6 Å². The molecule has 0 spiro atoms. The summed E-state index contributed by atoms with van der Waals surface area (Å²) in [5.41, 5.74) is 1.93. The Morgan fingerprint density at radius 1 is 1.11 bits per heavy atom. The number of hydrogen-bond donors (Lipinski definition) is 0. The predicted octanol–water partition coefficient (Wildman–Crippen LogP) is 3.41. The van der Waals surface area contributed by atoms with E-state index in [0.717, 1.165) is 11.1 Å². The zero-order valence-electron chi connectivity index (χ0n) is 10.6. The molecule has 2 rings (SSSR count). The summed E-state index contributed by atoms with van der Waals surface area (Å²) >= 11 is -1.56. The molecule has 2 unspecified atom stereocenters. The Bertz CT molecular complexity index is 597. The first-order chi connectivity index (χ1) is 9.20. The van der Waals surface area contributed by atoms with Crippen LogP contribution in [0.4, 0.5) is 0 Å². The number of benzene rings is 2. The maximum Gasteiger partial charge on any atom is 0.190 e. The fourth-order valence-electron chi connectivity index (χ4n) is 1.60. The molecule has 2 nitrogen and oxygen atoms in total. The summed E-state index contributed by atoms with van der Waals surface area (Å²) < 4.78 is 17.5. The van der Waals surface area contributed by atoms with E-state index in [9.17, 15) is 4.21 Å². The second-order valence-corrected chi connectivity index (χ2v) is 5.23. The van der Waals surface area contributed by atoms with E-state index in [1.807, 2.05) is 49.4 Å². The molecule has 0 heterocycles. The zero-order chi connectivity index (χ0) is 13.7. The second kappa shape index (κ2) is 6.33. The number of rotatable bonds is 4. The van der Waals surface area contributed by atoms with Crippen molar-refractivity contribution in [3.8, 4) is 12.3 Å². The molecule has 2 atom stereocenters. The molecule has 2 aromatic carbocycles. The van der Waals surface area contributed by atoms with Gasteiger partial charge in [-0.2, -0.15) is 0 Å². The summed E-state index contributed by atoms with van der Waals surface area (Å²) in [5, 5.41) is 0. The summed E-state index contributed by atoms with van der Waals surface area (Å²) in [6, 6.07) is 16.7. The lowest BCUT2D eigenvalue weighted by molar-refractivity contribution is 0.294. The molecule has 2 aromatic rings. The third-order valence-electron chi connectivity index (χ3n) is 2.65. The van der Waals surface area contributed by atoms with Crippen LogP contribution in [-0.2, 0) is 15.3 Å². The van der Waals surface area contributed by atoms with Crippen LogP contribution in [-0.4, -0.2) is 4.21 Å². The van der Waals surface area contributed by atoms with E-state index in [-0.39, 0.29) is 0 Å². The van der Waals surface area contributed by atoms with Gasteiger partial charge in [0.25, 0.3) is 0 Å². The third kappa shape index (κ3) is 3.54. The van der Waals surface area contributed by atoms with Gasteiger partial charge in [0, 0.05) is 0 Å². The normalized spacial score (nSPS) is 13.5. The first kappa shape index (κ1) is 13.5. The van der Waals surface area contributed by atoms with Crippen molar-refractivity contribution >= 4 is 11.1 Å². The molecule has 0 saturated heterocycles. The van der Waals surface area contributed by atoms with Gasteiger partial charge >= 0.3 is 0 Å². The van der Waals surface area contributed by atoms with Crippen LogP contribution in [0.3, 0.4) is 0 Å². The molecule has 0 aliphatic heterocycles. The van der Waals surface area contributed by atoms with Crippen molar-refractivity contribution in [2.75, 3.05) is 0 Å². The Morgan fingerprint density at radius 2 is 1.74 bits per heavy atom.